The summed E-state index contributed by atoms with van der Waals surface area (Å²) in [7, 11) is 0. The minimum absolute atomic E-state index is 0.0468. The monoisotopic (exact) mass is 164 g/mol. The second kappa shape index (κ2) is 2.01. The number of fused-ring (bicyclic) bond motifs is 3. The molecule has 0 unspecified atom stereocenters. The first-order chi connectivity index (χ1) is 5.48. The van der Waals surface area contributed by atoms with Gasteiger partial charge in [0.1, 0.15) is 0 Å². The predicted molar refractivity (Wildman–Crippen MR) is 48.8 cm³/mol. The van der Waals surface area contributed by atoms with Crippen LogP contribution in [-0.2, 0) is 4.79 Å². The third kappa shape index (κ3) is 0.769. The molecule has 66 valence electrons. The van der Waals surface area contributed by atoms with Crippen molar-refractivity contribution in [3.8, 4) is 0 Å². The fourth-order valence-corrected chi connectivity index (χ4v) is 2.52. The van der Waals surface area contributed by atoms with Crippen LogP contribution in [0.3, 0.4) is 0 Å². The molecule has 0 aromatic rings. The van der Waals surface area contributed by atoms with Gasteiger partial charge in [0.15, 0.2) is 5.78 Å². The molecule has 3 aliphatic carbocycles. The van der Waals surface area contributed by atoms with Crippen molar-refractivity contribution in [3.63, 3.8) is 0 Å². The van der Waals surface area contributed by atoms with E-state index in [-0.39, 0.29) is 10.8 Å². The van der Waals surface area contributed by atoms with E-state index < -0.39 is 0 Å². The van der Waals surface area contributed by atoms with E-state index in [1.807, 2.05) is 0 Å². The van der Waals surface area contributed by atoms with Crippen molar-refractivity contribution in [2.75, 3.05) is 0 Å². The summed E-state index contributed by atoms with van der Waals surface area (Å²) < 4.78 is 0. The van der Waals surface area contributed by atoms with Crippen molar-refractivity contribution in [1.29, 1.82) is 0 Å². The second-order valence-corrected chi connectivity index (χ2v) is 4.93. The maximum absolute atomic E-state index is 11.8. The zero-order valence-corrected chi connectivity index (χ0v) is 7.94. The molecule has 12 heavy (non-hydrogen) atoms. The molecule has 3 aliphatic rings. The number of allylic oxidation sites excluding steroid dienone is 1. The number of ketones is 1. The standard InChI is InChI=1S/C11H16O/c1-8-9(12)11(3)6-4-10(8,2)5-7-11/h1,4-7H2,2-3H3. The molecule has 0 amide bonds. The molecule has 1 heteroatoms. The topological polar surface area (TPSA) is 17.1 Å². The SMILES string of the molecule is C=C1C(=O)C2(C)CCC1(C)CC2. The van der Waals surface area contributed by atoms with Gasteiger partial charge in [0, 0.05) is 5.41 Å². The average Bonchev–Trinajstić information content (AvgIpc) is 2.06. The highest BCUT2D eigenvalue weighted by Crippen LogP contribution is 2.56. The van der Waals surface area contributed by atoms with Gasteiger partial charge in [-0.05, 0) is 36.7 Å². The summed E-state index contributed by atoms with van der Waals surface area (Å²) in [5.74, 6) is 0.336. The fourth-order valence-electron chi connectivity index (χ4n) is 2.52. The number of hydrogen-bond acceptors (Lipinski definition) is 1. The van der Waals surface area contributed by atoms with Gasteiger partial charge in [-0.2, -0.15) is 0 Å². The number of carbonyl (C=O) groups excluding carboxylic acids is 1. The van der Waals surface area contributed by atoms with Crippen LogP contribution in [-0.4, -0.2) is 5.78 Å². The molecule has 0 saturated heterocycles. The smallest absolute Gasteiger partial charge is 0.164 e. The Morgan fingerprint density at radius 3 is 1.92 bits per heavy atom. The lowest BCUT2D eigenvalue weighted by Gasteiger charge is -2.50. The summed E-state index contributed by atoms with van der Waals surface area (Å²) in [6.07, 6.45) is 4.46. The summed E-state index contributed by atoms with van der Waals surface area (Å²) in [4.78, 5) is 11.8. The molecular formula is C11H16O. The van der Waals surface area contributed by atoms with Crippen LogP contribution in [0.25, 0.3) is 0 Å². The Kier molecular flexibility index (Phi) is 1.35. The van der Waals surface area contributed by atoms with Crippen LogP contribution in [0.1, 0.15) is 39.5 Å². The van der Waals surface area contributed by atoms with E-state index in [0.717, 1.165) is 31.3 Å². The first-order valence-electron chi connectivity index (χ1n) is 4.72. The molecule has 3 fully saturated rings. The summed E-state index contributed by atoms with van der Waals surface area (Å²) >= 11 is 0. The molecule has 3 saturated carbocycles. The van der Waals surface area contributed by atoms with Crippen molar-refractivity contribution < 1.29 is 4.79 Å². The normalized spacial score (nSPS) is 46.8. The molecule has 0 aromatic heterocycles. The Balaban J connectivity index is 2.43. The summed E-state index contributed by atoms with van der Waals surface area (Å²) in [6.45, 7) is 8.23. The summed E-state index contributed by atoms with van der Waals surface area (Å²) in [6, 6.07) is 0. The summed E-state index contributed by atoms with van der Waals surface area (Å²) in [5, 5.41) is 0. The van der Waals surface area contributed by atoms with E-state index in [2.05, 4.69) is 20.4 Å². The van der Waals surface area contributed by atoms with Gasteiger partial charge in [-0.1, -0.05) is 20.4 Å². The predicted octanol–water partition coefficient (Wildman–Crippen LogP) is 2.71. The number of hydrogen-bond donors (Lipinski definition) is 0. The third-order valence-corrected chi connectivity index (χ3v) is 4.01. The van der Waals surface area contributed by atoms with Crippen molar-refractivity contribution >= 4 is 5.78 Å². The van der Waals surface area contributed by atoms with E-state index in [9.17, 15) is 4.79 Å². The molecule has 2 bridgehead atoms. The Hall–Kier alpha value is -0.590. The fraction of sp³-hybridized carbons (Fsp3) is 0.727. The lowest BCUT2D eigenvalue weighted by atomic mass is 9.52. The van der Waals surface area contributed by atoms with Gasteiger partial charge in [0.05, 0.1) is 0 Å². The molecule has 0 atom stereocenters. The van der Waals surface area contributed by atoms with E-state index in [1.54, 1.807) is 0 Å². The maximum Gasteiger partial charge on any atom is 0.164 e. The molecule has 0 aromatic carbocycles. The molecule has 1 nitrogen and oxygen atoms in total. The van der Waals surface area contributed by atoms with Crippen LogP contribution in [0, 0.1) is 10.8 Å². The Morgan fingerprint density at radius 1 is 1.08 bits per heavy atom. The van der Waals surface area contributed by atoms with E-state index in [4.69, 9.17) is 0 Å². The lowest BCUT2D eigenvalue weighted by Crippen LogP contribution is -2.47. The van der Waals surface area contributed by atoms with Crippen LogP contribution in [0.4, 0.5) is 0 Å². The van der Waals surface area contributed by atoms with Gasteiger partial charge in [-0.3, -0.25) is 4.79 Å². The highest BCUT2D eigenvalue weighted by molar-refractivity contribution is 6.02. The zero-order valence-electron chi connectivity index (χ0n) is 7.94. The highest BCUT2D eigenvalue weighted by atomic mass is 16.1. The van der Waals surface area contributed by atoms with Gasteiger partial charge in [0.25, 0.3) is 0 Å². The number of Topliss-reactive ketones (excluding diaryl/α,β-unsaturated/α-hetero) is 1. The van der Waals surface area contributed by atoms with Crippen LogP contribution >= 0.6 is 0 Å². The van der Waals surface area contributed by atoms with Crippen LogP contribution in [0.15, 0.2) is 12.2 Å². The quantitative estimate of drug-likeness (QED) is 0.503. The Labute approximate surface area is 73.8 Å². The number of rotatable bonds is 0. The highest BCUT2D eigenvalue weighted by Gasteiger charge is 2.51. The second-order valence-electron chi connectivity index (χ2n) is 4.93. The van der Waals surface area contributed by atoms with Crippen LogP contribution < -0.4 is 0 Å². The molecule has 0 heterocycles. The van der Waals surface area contributed by atoms with Crippen molar-refractivity contribution in [1.82, 2.24) is 0 Å². The molecule has 3 rings (SSSR count). The molecule has 0 radical (unpaired) electrons. The van der Waals surface area contributed by atoms with Gasteiger partial charge < -0.3 is 0 Å². The maximum atomic E-state index is 11.8. The van der Waals surface area contributed by atoms with Crippen molar-refractivity contribution in [3.05, 3.63) is 12.2 Å². The van der Waals surface area contributed by atoms with Gasteiger partial charge in [-0.25, -0.2) is 0 Å². The van der Waals surface area contributed by atoms with Crippen LogP contribution in [0.5, 0.6) is 0 Å². The first kappa shape index (κ1) is 8.03. The molecular weight excluding hydrogens is 148 g/mol. The van der Waals surface area contributed by atoms with Gasteiger partial charge in [-0.15, -0.1) is 0 Å². The lowest BCUT2D eigenvalue weighted by molar-refractivity contribution is -0.132. The third-order valence-electron chi connectivity index (χ3n) is 4.01. The van der Waals surface area contributed by atoms with Crippen molar-refractivity contribution in [2.24, 2.45) is 10.8 Å². The molecule has 0 aliphatic heterocycles. The Bertz CT molecular complexity index is 226. The first-order valence-corrected chi connectivity index (χ1v) is 4.72. The largest absolute Gasteiger partial charge is 0.294 e. The van der Waals surface area contributed by atoms with Gasteiger partial charge >= 0.3 is 0 Å². The minimum Gasteiger partial charge on any atom is -0.294 e. The Morgan fingerprint density at radius 2 is 1.50 bits per heavy atom. The number of carbonyl (C=O) groups is 1. The van der Waals surface area contributed by atoms with E-state index in [0.29, 0.717) is 5.78 Å². The van der Waals surface area contributed by atoms with Crippen molar-refractivity contribution in [2.45, 2.75) is 39.5 Å². The van der Waals surface area contributed by atoms with Crippen LogP contribution in [0.2, 0.25) is 0 Å². The van der Waals surface area contributed by atoms with E-state index in [1.165, 1.54) is 0 Å². The molecule has 0 N–H and O–H groups in total. The van der Waals surface area contributed by atoms with Gasteiger partial charge in [0.2, 0.25) is 0 Å². The van der Waals surface area contributed by atoms with E-state index >= 15 is 0 Å². The zero-order chi connectivity index (χ0) is 8.98. The molecule has 0 spiro atoms. The average molecular weight is 164 g/mol. The summed E-state index contributed by atoms with van der Waals surface area (Å²) in [5.41, 5.74) is 0.992. The minimum atomic E-state index is -0.0468.